The summed E-state index contributed by atoms with van der Waals surface area (Å²) in [5, 5.41) is 7.92. The lowest BCUT2D eigenvalue weighted by atomic mass is 9.81. The first-order valence-corrected chi connectivity index (χ1v) is 11.8. The molecule has 1 fully saturated rings. The Kier molecular flexibility index (Phi) is 5.54. The van der Waals surface area contributed by atoms with E-state index < -0.39 is 29.2 Å². The summed E-state index contributed by atoms with van der Waals surface area (Å²) in [6, 6.07) is 6.66. The van der Waals surface area contributed by atoms with E-state index in [-0.39, 0.29) is 11.4 Å². The van der Waals surface area contributed by atoms with E-state index in [2.05, 4.69) is 20.5 Å². The van der Waals surface area contributed by atoms with Crippen LogP contribution in [0.4, 0.5) is 15.1 Å². The molecule has 3 heterocycles. The third-order valence-electron chi connectivity index (χ3n) is 6.16. The van der Waals surface area contributed by atoms with Crippen LogP contribution in [0.2, 0.25) is 0 Å². The van der Waals surface area contributed by atoms with E-state index in [0.29, 0.717) is 24.5 Å². The van der Waals surface area contributed by atoms with Crippen molar-refractivity contribution in [3.05, 3.63) is 64.6 Å². The van der Waals surface area contributed by atoms with E-state index in [1.807, 2.05) is 26.0 Å². The molecule has 2 atom stereocenters. The number of ketones is 1. The number of carbonyl (C=O) groups excluding carboxylic acids is 2. The van der Waals surface area contributed by atoms with Gasteiger partial charge in [-0.2, -0.15) is 0 Å². The Morgan fingerprint density at radius 2 is 2.03 bits per heavy atom. The SMILES string of the molecule is CC(C)(NC(=O)C1=CC2Nc3ccccc3C(=O)C2C=C1F)c1ncc(N2CCOCC2)s1. The van der Waals surface area contributed by atoms with Gasteiger partial charge >= 0.3 is 0 Å². The van der Waals surface area contributed by atoms with E-state index >= 15 is 0 Å². The first-order valence-electron chi connectivity index (χ1n) is 10.9. The van der Waals surface area contributed by atoms with E-state index in [4.69, 9.17) is 4.74 Å². The Morgan fingerprint density at radius 3 is 2.82 bits per heavy atom. The van der Waals surface area contributed by atoms with Gasteiger partial charge in [0.05, 0.1) is 42.5 Å². The molecule has 9 heteroatoms. The molecule has 5 rings (SSSR count). The number of hydrogen-bond acceptors (Lipinski definition) is 7. The van der Waals surface area contributed by atoms with Crippen LogP contribution in [0.3, 0.4) is 0 Å². The number of carbonyl (C=O) groups is 2. The lowest BCUT2D eigenvalue weighted by Crippen LogP contribution is -2.44. The minimum Gasteiger partial charge on any atom is -0.378 e. The van der Waals surface area contributed by atoms with Crippen molar-refractivity contribution in [2.45, 2.75) is 25.4 Å². The minimum absolute atomic E-state index is 0.0750. The number of Topliss-reactive ketones (excluding diaryl/α,β-unsaturated/α-hetero) is 1. The van der Waals surface area contributed by atoms with Gasteiger partial charge in [-0.25, -0.2) is 9.37 Å². The molecule has 2 unspecified atom stereocenters. The van der Waals surface area contributed by atoms with Gasteiger partial charge in [0.15, 0.2) is 5.78 Å². The van der Waals surface area contributed by atoms with Gasteiger partial charge in [0.1, 0.15) is 15.8 Å². The average Bonchev–Trinajstić information content (AvgIpc) is 3.31. The molecule has 33 heavy (non-hydrogen) atoms. The number of nitrogens with zero attached hydrogens (tertiary/aromatic N) is 2. The van der Waals surface area contributed by atoms with Crippen LogP contribution in [0, 0.1) is 5.92 Å². The van der Waals surface area contributed by atoms with Crippen molar-refractivity contribution >= 4 is 33.7 Å². The van der Waals surface area contributed by atoms with Crippen LogP contribution >= 0.6 is 11.3 Å². The fraction of sp³-hybridized carbons (Fsp3) is 0.375. The average molecular weight is 469 g/mol. The summed E-state index contributed by atoms with van der Waals surface area (Å²) in [6.45, 7) is 6.65. The summed E-state index contributed by atoms with van der Waals surface area (Å²) in [4.78, 5) is 32.6. The zero-order valence-corrected chi connectivity index (χ0v) is 19.2. The fourth-order valence-electron chi connectivity index (χ4n) is 4.34. The third kappa shape index (κ3) is 4.06. The van der Waals surface area contributed by atoms with Crippen LogP contribution < -0.4 is 15.5 Å². The lowest BCUT2D eigenvalue weighted by molar-refractivity contribution is -0.119. The van der Waals surface area contributed by atoms with Gasteiger partial charge in [0, 0.05) is 24.3 Å². The number of hydrogen-bond donors (Lipinski definition) is 2. The Labute approximate surface area is 195 Å². The normalized spacial score (nSPS) is 22.5. The number of ether oxygens (including phenoxy) is 1. The number of rotatable bonds is 4. The number of fused-ring (bicyclic) bond motifs is 2. The Hall–Kier alpha value is -3.04. The Bertz CT molecular complexity index is 1170. The topological polar surface area (TPSA) is 83.6 Å². The maximum Gasteiger partial charge on any atom is 0.254 e. The number of para-hydroxylation sites is 1. The predicted octanol–water partition coefficient (Wildman–Crippen LogP) is 3.42. The first kappa shape index (κ1) is 21.8. The highest BCUT2D eigenvalue weighted by Crippen LogP contribution is 2.36. The molecule has 0 radical (unpaired) electrons. The predicted molar refractivity (Wildman–Crippen MR) is 125 cm³/mol. The standard InChI is InChI=1S/C24H25FN4O3S/c1-24(2,23-26-13-20(33-23)29-7-9-32-10-8-29)28-22(31)15-12-19-16(11-17(15)25)21(30)14-5-3-4-6-18(14)27-19/h3-6,11-13,16,19,27H,7-10H2,1-2H3,(H,28,31). The molecule has 0 bridgehead atoms. The van der Waals surface area contributed by atoms with Crippen LogP contribution in [0.5, 0.6) is 0 Å². The quantitative estimate of drug-likeness (QED) is 0.716. The van der Waals surface area contributed by atoms with Crippen molar-refractivity contribution in [3.63, 3.8) is 0 Å². The number of nitrogens with one attached hydrogen (secondary N) is 2. The number of benzene rings is 1. The second-order valence-electron chi connectivity index (χ2n) is 8.88. The molecule has 0 spiro atoms. The van der Waals surface area contributed by atoms with Gasteiger partial charge in [0.2, 0.25) is 0 Å². The number of thiazole rings is 1. The van der Waals surface area contributed by atoms with E-state index in [1.165, 1.54) is 23.5 Å². The summed E-state index contributed by atoms with van der Waals surface area (Å²) in [7, 11) is 0. The van der Waals surface area contributed by atoms with Gasteiger partial charge in [0.25, 0.3) is 5.91 Å². The largest absolute Gasteiger partial charge is 0.378 e. The van der Waals surface area contributed by atoms with Crippen LogP contribution in [0.25, 0.3) is 0 Å². The molecule has 1 aliphatic carbocycles. The molecule has 0 saturated carbocycles. The molecule has 2 N–H and O–H groups in total. The number of morpholine rings is 1. The highest BCUT2D eigenvalue weighted by Gasteiger charge is 2.38. The lowest BCUT2D eigenvalue weighted by Gasteiger charge is -2.33. The van der Waals surface area contributed by atoms with Crippen LogP contribution in [-0.4, -0.2) is 49.0 Å². The molecule has 172 valence electrons. The number of aromatic nitrogens is 1. The second kappa shape index (κ2) is 8.39. The second-order valence-corrected chi connectivity index (χ2v) is 9.89. The maximum absolute atomic E-state index is 15.0. The smallest absolute Gasteiger partial charge is 0.254 e. The van der Waals surface area contributed by atoms with E-state index in [9.17, 15) is 14.0 Å². The maximum atomic E-state index is 15.0. The monoisotopic (exact) mass is 468 g/mol. The Morgan fingerprint density at radius 1 is 1.27 bits per heavy atom. The van der Waals surface area contributed by atoms with E-state index in [0.717, 1.165) is 23.1 Å². The van der Waals surface area contributed by atoms with Crippen molar-refractivity contribution in [1.29, 1.82) is 0 Å². The van der Waals surface area contributed by atoms with Crippen LogP contribution in [-0.2, 0) is 15.1 Å². The fourth-order valence-corrected chi connectivity index (χ4v) is 5.37. The molecular weight excluding hydrogens is 443 g/mol. The molecule has 7 nitrogen and oxygen atoms in total. The summed E-state index contributed by atoms with van der Waals surface area (Å²) >= 11 is 1.51. The summed E-state index contributed by atoms with van der Waals surface area (Å²) < 4.78 is 20.4. The zero-order valence-electron chi connectivity index (χ0n) is 18.4. The van der Waals surface area contributed by atoms with E-state index in [1.54, 1.807) is 18.3 Å². The number of amides is 1. The zero-order chi connectivity index (χ0) is 23.2. The molecule has 1 saturated heterocycles. The summed E-state index contributed by atoms with van der Waals surface area (Å²) in [5.41, 5.74) is 0.348. The van der Waals surface area contributed by atoms with Crippen molar-refractivity contribution in [2.75, 3.05) is 36.5 Å². The molecule has 1 amide bonds. The van der Waals surface area contributed by atoms with Crippen molar-refractivity contribution in [2.24, 2.45) is 5.92 Å². The third-order valence-corrected chi connectivity index (χ3v) is 7.54. The van der Waals surface area contributed by atoms with Gasteiger partial charge in [-0.3, -0.25) is 9.59 Å². The van der Waals surface area contributed by atoms with Crippen molar-refractivity contribution < 1.29 is 18.7 Å². The highest BCUT2D eigenvalue weighted by atomic mass is 32.1. The van der Waals surface area contributed by atoms with Gasteiger partial charge < -0.3 is 20.3 Å². The molecule has 1 aromatic heterocycles. The van der Waals surface area contributed by atoms with Gasteiger partial charge in [-0.05, 0) is 38.1 Å². The minimum atomic E-state index is -0.799. The van der Waals surface area contributed by atoms with Crippen molar-refractivity contribution in [3.8, 4) is 0 Å². The summed E-state index contributed by atoms with van der Waals surface area (Å²) in [5.74, 6) is -2.06. The number of halogens is 1. The van der Waals surface area contributed by atoms with Crippen LogP contribution in [0.1, 0.15) is 29.2 Å². The van der Waals surface area contributed by atoms with Crippen LogP contribution in [0.15, 0.2) is 54.0 Å². The highest BCUT2D eigenvalue weighted by molar-refractivity contribution is 7.15. The molecule has 1 aromatic carbocycles. The molecular formula is C24H25FN4O3S. The van der Waals surface area contributed by atoms with Crippen molar-refractivity contribution in [1.82, 2.24) is 10.3 Å². The molecule has 2 aliphatic heterocycles. The van der Waals surface area contributed by atoms with Gasteiger partial charge in [-0.1, -0.05) is 23.5 Å². The molecule has 3 aliphatic rings. The summed E-state index contributed by atoms with van der Waals surface area (Å²) in [6.07, 6.45) is 4.57. The number of anilines is 2. The Balaban J connectivity index is 1.34. The first-order chi connectivity index (χ1) is 15.8. The van der Waals surface area contributed by atoms with Gasteiger partial charge in [-0.15, -0.1) is 0 Å². The molecule has 2 aromatic rings.